The van der Waals surface area contributed by atoms with Crippen molar-refractivity contribution >= 4 is 0 Å². The van der Waals surface area contributed by atoms with Gasteiger partial charge >= 0.3 is 0 Å². The molecule has 0 saturated carbocycles. The van der Waals surface area contributed by atoms with Gasteiger partial charge in [0, 0.05) is 55.5 Å². The molecular formula is C20H21FN6O2. The lowest BCUT2D eigenvalue weighted by Crippen LogP contribution is -2.51. The van der Waals surface area contributed by atoms with Gasteiger partial charge < -0.3 is 15.0 Å². The lowest BCUT2D eigenvalue weighted by molar-refractivity contribution is 0.0422. The Kier molecular flexibility index (Phi) is 4.39. The molecule has 29 heavy (non-hydrogen) atoms. The molecule has 0 aromatic carbocycles. The number of aryl methyl sites for hydroxylation is 1. The molecule has 0 spiro atoms. The first kappa shape index (κ1) is 18.0. The predicted molar refractivity (Wildman–Crippen MR) is 104 cm³/mol. The van der Waals surface area contributed by atoms with Crippen molar-refractivity contribution < 1.29 is 9.13 Å². The summed E-state index contributed by atoms with van der Waals surface area (Å²) in [6.07, 6.45) is 4.38. The van der Waals surface area contributed by atoms with Crippen molar-refractivity contribution in [2.24, 2.45) is 7.05 Å². The highest BCUT2D eigenvalue weighted by Crippen LogP contribution is 2.31. The van der Waals surface area contributed by atoms with Crippen molar-refractivity contribution in [3.63, 3.8) is 0 Å². The van der Waals surface area contributed by atoms with Gasteiger partial charge in [-0.1, -0.05) is 0 Å². The van der Waals surface area contributed by atoms with Gasteiger partial charge in [-0.3, -0.25) is 9.48 Å². The smallest absolute Gasteiger partial charge is 0.233 e. The Morgan fingerprint density at radius 1 is 1.21 bits per heavy atom. The number of fused-ring (bicyclic) bond motifs is 2. The Labute approximate surface area is 166 Å². The summed E-state index contributed by atoms with van der Waals surface area (Å²) in [4.78, 5) is 15.3. The summed E-state index contributed by atoms with van der Waals surface area (Å²) in [5.41, 5.74) is 2.34. The second-order valence-electron chi connectivity index (χ2n) is 7.69. The van der Waals surface area contributed by atoms with Gasteiger partial charge in [0.15, 0.2) is 11.6 Å². The van der Waals surface area contributed by atoms with Gasteiger partial charge in [0.05, 0.1) is 17.6 Å². The highest BCUT2D eigenvalue weighted by Gasteiger charge is 2.43. The fourth-order valence-corrected chi connectivity index (χ4v) is 4.15. The molecule has 5 rings (SSSR count). The van der Waals surface area contributed by atoms with E-state index in [4.69, 9.17) is 4.74 Å². The average molecular weight is 396 g/mol. The van der Waals surface area contributed by atoms with Gasteiger partial charge in [-0.2, -0.15) is 5.10 Å². The summed E-state index contributed by atoms with van der Waals surface area (Å²) in [6.45, 7) is 0. The lowest BCUT2D eigenvalue weighted by atomic mass is 10.0. The van der Waals surface area contributed by atoms with E-state index in [9.17, 15) is 9.18 Å². The molecule has 8 nitrogen and oxygen atoms in total. The minimum atomic E-state index is -1.05. The van der Waals surface area contributed by atoms with Crippen LogP contribution in [0.3, 0.4) is 0 Å². The van der Waals surface area contributed by atoms with Crippen LogP contribution in [-0.4, -0.2) is 49.3 Å². The molecule has 5 heterocycles. The number of hydrogen-bond donors (Lipinski definition) is 2. The highest BCUT2D eigenvalue weighted by molar-refractivity contribution is 5.62. The number of piperidine rings is 1. The van der Waals surface area contributed by atoms with E-state index in [1.807, 2.05) is 13.2 Å². The maximum absolute atomic E-state index is 14.5. The van der Waals surface area contributed by atoms with Crippen molar-refractivity contribution in [2.75, 3.05) is 0 Å². The predicted octanol–water partition coefficient (Wildman–Crippen LogP) is 1.84. The number of nitrogens with one attached hydrogen (secondary N) is 2. The van der Waals surface area contributed by atoms with Gasteiger partial charge in [0.2, 0.25) is 5.88 Å². The SMILES string of the molecule is Cn1cc(-c2cc(=O)cc(-c3ccc(O[C@H]4C[C@@H]5CC[C@@H](N5)[C@H]4F)nn3)[nH]2)cn1. The van der Waals surface area contributed by atoms with E-state index in [1.54, 1.807) is 23.0 Å². The standard InChI is InChI=1S/C20H21FN6O2/c1-27-10-11(9-22-27)16-7-13(28)8-17(24-16)14-4-5-19(26-25-14)29-18-6-12-2-3-15(23-12)20(18)21/h4-5,7-10,12,15,18,20,23H,2-3,6H2,1H3,(H,24,28)/t12-,15+,18-,20+/m0/s1. The Balaban J connectivity index is 1.36. The maximum Gasteiger partial charge on any atom is 0.233 e. The molecule has 0 amide bonds. The Hall–Kier alpha value is -3.07. The molecule has 150 valence electrons. The van der Waals surface area contributed by atoms with Crippen LogP contribution in [0.4, 0.5) is 4.39 Å². The van der Waals surface area contributed by atoms with Crippen LogP contribution in [0, 0.1) is 0 Å². The molecule has 3 aromatic rings. The first-order valence-electron chi connectivity index (χ1n) is 9.69. The Bertz CT molecular complexity index is 1080. The number of rotatable bonds is 4. The molecule has 2 bridgehead atoms. The van der Waals surface area contributed by atoms with E-state index >= 15 is 0 Å². The number of ether oxygens (including phenoxy) is 1. The fourth-order valence-electron chi connectivity index (χ4n) is 4.15. The topological polar surface area (TPSA) is 97.7 Å². The zero-order valence-electron chi connectivity index (χ0n) is 15.9. The van der Waals surface area contributed by atoms with Crippen LogP contribution < -0.4 is 15.5 Å². The number of H-pyrrole nitrogens is 1. The number of aromatic amines is 1. The molecular weight excluding hydrogens is 375 g/mol. The second kappa shape index (κ2) is 7.07. The third kappa shape index (κ3) is 3.53. The van der Waals surface area contributed by atoms with Crippen molar-refractivity contribution in [3.8, 4) is 28.5 Å². The van der Waals surface area contributed by atoms with Gasteiger partial charge in [-0.15, -0.1) is 10.2 Å². The van der Waals surface area contributed by atoms with Crippen molar-refractivity contribution in [1.82, 2.24) is 30.3 Å². The highest BCUT2D eigenvalue weighted by atomic mass is 19.1. The molecule has 3 aromatic heterocycles. The van der Waals surface area contributed by atoms with Crippen LogP contribution in [-0.2, 0) is 7.05 Å². The number of alkyl halides is 1. The van der Waals surface area contributed by atoms with Gasteiger partial charge in [-0.05, 0) is 18.9 Å². The maximum atomic E-state index is 14.5. The van der Waals surface area contributed by atoms with Crippen LogP contribution in [0.15, 0.2) is 41.5 Å². The Morgan fingerprint density at radius 3 is 2.83 bits per heavy atom. The normalized spacial score (nSPS) is 25.9. The number of pyridine rings is 1. The minimum Gasteiger partial charge on any atom is -0.470 e. The molecule has 0 unspecified atom stereocenters. The third-order valence-corrected chi connectivity index (χ3v) is 5.58. The molecule has 0 aliphatic carbocycles. The van der Waals surface area contributed by atoms with Crippen LogP contribution in [0.25, 0.3) is 22.6 Å². The molecule has 2 aliphatic heterocycles. The van der Waals surface area contributed by atoms with Crippen molar-refractivity contribution in [1.29, 1.82) is 0 Å². The fraction of sp³-hybridized carbons (Fsp3) is 0.400. The van der Waals surface area contributed by atoms with E-state index in [0.29, 0.717) is 29.5 Å². The molecule has 4 atom stereocenters. The molecule has 0 radical (unpaired) electrons. The number of aromatic nitrogens is 5. The van der Waals surface area contributed by atoms with E-state index < -0.39 is 12.3 Å². The van der Waals surface area contributed by atoms with Crippen LogP contribution in [0.5, 0.6) is 5.88 Å². The number of halogens is 1. The van der Waals surface area contributed by atoms with E-state index in [2.05, 4.69) is 25.6 Å². The molecule has 2 N–H and O–H groups in total. The summed E-state index contributed by atoms with van der Waals surface area (Å²) in [6, 6.07) is 6.53. The summed E-state index contributed by atoms with van der Waals surface area (Å²) in [5, 5.41) is 15.7. The zero-order chi connectivity index (χ0) is 20.0. The van der Waals surface area contributed by atoms with Crippen molar-refractivity contribution in [2.45, 2.75) is 43.6 Å². The summed E-state index contributed by atoms with van der Waals surface area (Å²) < 4.78 is 22.0. The van der Waals surface area contributed by atoms with Crippen LogP contribution >= 0.6 is 0 Å². The Morgan fingerprint density at radius 2 is 2.07 bits per heavy atom. The number of nitrogens with zero attached hydrogens (tertiary/aromatic N) is 4. The minimum absolute atomic E-state index is 0.133. The van der Waals surface area contributed by atoms with Crippen LogP contribution in [0.2, 0.25) is 0 Å². The number of hydrogen-bond acceptors (Lipinski definition) is 6. The summed E-state index contributed by atoms with van der Waals surface area (Å²) in [5.74, 6) is 0.286. The lowest BCUT2D eigenvalue weighted by Gasteiger charge is -2.32. The average Bonchev–Trinajstić information content (AvgIpc) is 3.33. The summed E-state index contributed by atoms with van der Waals surface area (Å²) in [7, 11) is 1.81. The van der Waals surface area contributed by atoms with Crippen molar-refractivity contribution in [3.05, 3.63) is 46.9 Å². The van der Waals surface area contributed by atoms with Gasteiger partial charge in [0.25, 0.3) is 0 Å². The first-order valence-corrected chi connectivity index (χ1v) is 9.69. The second-order valence-corrected chi connectivity index (χ2v) is 7.69. The monoisotopic (exact) mass is 396 g/mol. The quantitative estimate of drug-likeness (QED) is 0.698. The van der Waals surface area contributed by atoms with Gasteiger partial charge in [-0.25, -0.2) is 4.39 Å². The summed E-state index contributed by atoms with van der Waals surface area (Å²) >= 11 is 0. The third-order valence-electron chi connectivity index (χ3n) is 5.58. The van der Waals surface area contributed by atoms with E-state index in [1.165, 1.54) is 12.1 Å². The molecule has 9 heteroatoms. The van der Waals surface area contributed by atoms with E-state index in [0.717, 1.165) is 18.4 Å². The molecule has 2 saturated heterocycles. The molecule has 2 aliphatic rings. The van der Waals surface area contributed by atoms with Gasteiger partial charge in [0.1, 0.15) is 11.8 Å². The first-order chi connectivity index (χ1) is 14.0. The van der Waals surface area contributed by atoms with E-state index in [-0.39, 0.29) is 17.4 Å². The zero-order valence-corrected chi connectivity index (χ0v) is 15.9. The van der Waals surface area contributed by atoms with Crippen LogP contribution in [0.1, 0.15) is 19.3 Å². The molecule has 2 fully saturated rings. The largest absolute Gasteiger partial charge is 0.470 e.